The third-order valence-electron chi connectivity index (χ3n) is 2.51. The molecule has 1 aromatic heterocycles. The average Bonchev–Trinajstić information content (AvgIpc) is 2.59. The molecule has 7 heteroatoms. The van der Waals surface area contributed by atoms with Gasteiger partial charge in [-0.25, -0.2) is 4.79 Å². The fourth-order valence-electron chi connectivity index (χ4n) is 1.76. The lowest BCUT2D eigenvalue weighted by molar-refractivity contribution is 0.307. The summed E-state index contributed by atoms with van der Waals surface area (Å²) in [6, 6.07) is 7.35. The van der Waals surface area contributed by atoms with Gasteiger partial charge in [0, 0.05) is 6.54 Å². The molecule has 0 unspecified atom stereocenters. The van der Waals surface area contributed by atoms with Crippen LogP contribution in [0.2, 0.25) is 0 Å². The van der Waals surface area contributed by atoms with E-state index in [-0.39, 0.29) is 12.3 Å². The van der Waals surface area contributed by atoms with Crippen LogP contribution in [-0.2, 0) is 20.8 Å². The maximum atomic E-state index is 11.7. The summed E-state index contributed by atoms with van der Waals surface area (Å²) in [5.41, 5.74) is 1.38. The normalized spacial score (nSPS) is 12.1. The van der Waals surface area contributed by atoms with Gasteiger partial charge in [0.25, 0.3) is 10.1 Å². The Bertz CT molecular complexity index is 699. The average molecular weight is 270 g/mol. The number of benzene rings is 1. The first-order chi connectivity index (χ1) is 8.47. The number of nitrogens with zero attached hydrogens (tertiary/aromatic N) is 1. The van der Waals surface area contributed by atoms with E-state index in [4.69, 9.17) is 0 Å². The molecule has 0 saturated heterocycles. The van der Waals surface area contributed by atoms with Crippen LogP contribution in [0.4, 0.5) is 0 Å². The molecule has 0 radical (unpaired) electrons. The van der Waals surface area contributed by atoms with Crippen LogP contribution in [0, 0.1) is 0 Å². The number of hydrogen-bond acceptors (Lipinski definition) is 4. The monoisotopic (exact) mass is 270 g/mol. The lowest BCUT2D eigenvalue weighted by Crippen LogP contribution is -2.18. The fraction of sp³-hybridized carbons (Fsp3) is 0.364. The first kappa shape index (κ1) is 12.8. The van der Waals surface area contributed by atoms with Gasteiger partial charge >= 0.3 is 5.69 Å². The highest BCUT2D eigenvalue weighted by Crippen LogP contribution is 2.09. The van der Waals surface area contributed by atoms with Crippen LogP contribution < -0.4 is 5.69 Å². The lowest BCUT2D eigenvalue weighted by Gasteiger charge is -2.03. The van der Waals surface area contributed by atoms with Gasteiger partial charge in [0.15, 0.2) is 0 Å². The molecule has 0 spiro atoms. The summed E-state index contributed by atoms with van der Waals surface area (Å²) in [4.78, 5) is 14.4. The highest BCUT2D eigenvalue weighted by atomic mass is 32.2. The topological polar surface area (TPSA) is 81.2 Å². The summed E-state index contributed by atoms with van der Waals surface area (Å²) < 4.78 is 27.7. The Kier molecular flexibility index (Phi) is 3.53. The van der Waals surface area contributed by atoms with E-state index in [0.717, 1.165) is 17.3 Å². The first-order valence-electron chi connectivity index (χ1n) is 5.49. The van der Waals surface area contributed by atoms with Crippen molar-refractivity contribution in [2.24, 2.45) is 0 Å². The van der Waals surface area contributed by atoms with Crippen LogP contribution in [-0.4, -0.2) is 30.8 Å². The summed E-state index contributed by atoms with van der Waals surface area (Å²) in [5.74, 6) is 0. The standard InChI is InChI=1S/C11H14N2O4S/c1-18(15,16)17-8-4-7-13-10-6-3-2-5-9(10)12-11(13)14/h2-3,5-6H,4,7-8H2,1H3,(H,12,14). The van der Waals surface area contributed by atoms with Gasteiger partial charge in [-0.2, -0.15) is 8.42 Å². The van der Waals surface area contributed by atoms with Crippen molar-refractivity contribution in [3.8, 4) is 0 Å². The maximum Gasteiger partial charge on any atom is 0.326 e. The number of aromatic nitrogens is 2. The Morgan fingerprint density at radius 2 is 2.06 bits per heavy atom. The molecular weight excluding hydrogens is 256 g/mol. The number of nitrogens with one attached hydrogen (secondary N) is 1. The Balaban J connectivity index is 2.08. The van der Waals surface area contributed by atoms with Crippen molar-refractivity contribution in [3.63, 3.8) is 0 Å². The Labute approximate surface area is 104 Å². The Morgan fingerprint density at radius 1 is 1.33 bits per heavy atom. The zero-order valence-corrected chi connectivity index (χ0v) is 10.7. The summed E-state index contributed by atoms with van der Waals surface area (Å²) in [6.45, 7) is 0.489. The molecular formula is C11H14N2O4S. The number of fused-ring (bicyclic) bond motifs is 1. The third-order valence-corrected chi connectivity index (χ3v) is 3.10. The summed E-state index contributed by atoms with van der Waals surface area (Å²) in [7, 11) is -3.41. The lowest BCUT2D eigenvalue weighted by atomic mass is 10.3. The number of imidazole rings is 1. The van der Waals surface area contributed by atoms with Crippen LogP contribution in [0.25, 0.3) is 11.0 Å². The van der Waals surface area contributed by atoms with Crippen LogP contribution in [0.1, 0.15) is 6.42 Å². The zero-order valence-electron chi connectivity index (χ0n) is 9.92. The Hall–Kier alpha value is -1.60. The molecule has 0 saturated carbocycles. The SMILES string of the molecule is CS(=O)(=O)OCCCn1c(=O)[nH]c2ccccc21. The smallest absolute Gasteiger partial charge is 0.306 e. The minimum absolute atomic E-state index is 0.0742. The van der Waals surface area contributed by atoms with Crippen LogP contribution in [0.3, 0.4) is 0 Å². The molecule has 1 N–H and O–H groups in total. The predicted molar refractivity (Wildman–Crippen MR) is 68.0 cm³/mol. The molecule has 0 atom stereocenters. The molecule has 6 nitrogen and oxygen atoms in total. The van der Waals surface area contributed by atoms with Gasteiger partial charge in [-0.3, -0.25) is 8.75 Å². The molecule has 2 rings (SSSR count). The minimum atomic E-state index is -3.41. The molecule has 1 heterocycles. The molecule has 0 aliphatic rings. The maximum absolute atomic E-state index is 11.7. The molecule has 0 bridgehead atoms. The minimum Gasteiger partial charge on any atom is -0.306 e. The van der Waals surface area contributed by atoms with Crippen molar-refractivity contribution in [1.82, 2.24) is 9.55 Å². The van der Waals surface area contributed by atoms with Crippen molar-refractivity contribution in [2.45, 2.75) is 13.0 Å². The van der Waals surface area contributed by atoms with Gasteiger partial charge in [-0.15, -0.1) is 0 Å². The van der Waals surface area contributed by atoms with E-state index in [9.17, 15) is 13.2 Å². The quantitative estimate of drug-likeness (QED) is 0.640. The number of rotatable bonds is 5. The largest absolute Gasteiger partial charge is 0.326 e. The number of H-pyrrole nitrogens is 1. The molecule has 2 aromatic rings. The molecule has 0 aliphatic carbocycles. The fourth-order valence-corrected chi connectivity index (χ4v) is 2.18. The summed E-state index contributed by atoms with van der Waals surface area (Å²) >= 11 is 0. The van der Waals surface area contributed by atoms with Crippen molar-refractivity contribution < 1.29 is 12.6 Å². The van der Waals surface area contributed by atoms with Gasteiger partial charge in [0.1, 0.15) is 0 Å². The molecule has 0 aliphatic heterocycles. The van der Waals surface area contributed by atoms with Gasteiger partial charge < -0.3 is 4.98 Å². The van der Waals surface area contributed by atoms with Gasteiger partial charge in [-0.05, 0) is 18.6 Å². The van der Waals surface area contributed by atoms with Gasteiger partial charge in [0.05, 0.1) is 23.9 Å². The van der Waals surface area contributed by atoms with Crippen LogP contribution >= 0.6 is 0 Å². The summed E-state index contributed by atoms with van der Waals surface area (Å²) in [5, 5.41) is 0. The third kappa shape index (κ3) is 2.99. The molecule has 18 heavy (non-hydrogen) atoms. The van der Waals surface area contributed by atoms with E-state index in [1.165, 1.54) is 0 Å². The van der Waals surface area contributed by atoms with Crippen LogP contribution in [0.5, 0.6) is 0 Å². The van der Waals surface area contributed by atoms with Crippen LogP contribution in [0.15, 0.2) is 29.1 Å². The van der Waals surface area contributed by atoms with E-state index in [2.05, 4.69) is 9.17 Å². The highest BCUT2D eigenvalue weighted by molar-refractivity contribution is 7.85. The summed E-state index contributed by atoms with van der Waals surface area (Å²) in [6.07, 6.45) is 1.46. The number of aryl methyl sites for hydroxylation is 1. The number of aromatic amines is 1. The Morgan fingerprint density at radius 3 is 2.78 bits per heavy atom. The van der Waals surface area contributed by atoms with E-state index < -0.39 is 10.1 Å². The van der Waals surface area contributed by atoms with E-state index in [1.807, 2.05) is 24.3 Å². The molecule has 98 valence electrons. The van der Waals surface area contributed by atoms with Gasteiger partial charge in [0.2, 0.25) is 0 Å². The first-order valence-corrected chi connectivity index (χ1v) is 7.31. The predicted octanol–water partition coefficient (Wildman–Crippen LogP) is 0.696. The van der Waals surface area contributed by atoms with Crippen molar-refractivity contribution in [3.05, 3.63) is 34.7 Å². The second kappa shape index (κ2) is 4.95. The molecule has 0 amide bonds. The zero-order chi connectivity index (χ0) is 13.2. The second-order valence-electron chi connectivity index (χ2n) is 3.98. The van der Waals surface area contributed by atoms with Crippen molar-refractivity contribution in [2.75, 3.05) is 12.9 Å². The highest BCUT2D eigenvalue weighted by Gasteiger charge is 2.06. The molecule has 1 aromatic carbocycles. The van der Waals surface area contributed by atoms with Gasteiger partial charge in [-0.1, -0.05) is 12.1 Å². The van der Waals surface area contributed by atoms with Crippen molar-refractivity contribution in [1.29, 1.82) is 0 Å². The second-order valence-corrected chi connectivity index (χ2v) is 5.62. The van der Waals surface area contributed by atoms with E-state index in [0.29, 0.717) is 13.0 Å². The number of para-hydroxylation sites is 2. The molecule has 0 fully saturated rings. The number of hydrogen-bond donors (Lipinski definition) is 1. The van der Waals surface area contributed by atoms with Crippen molar-refractivity contribution >= 4 is 21.2 Å². The van der Waals surface area contributed by atoms with E-state index in [1.54, 1.807) is 4.57 Å². The van der Waals surface area contributed by atoms with E-state index >= 15 is 0 Å².